The monoisotopic (exact) mass is 222 g/mol. The molecule has 0 unspecified atom stereocenters. The van der Waals surface area contributed by atoms with Gasteiger partial charge in [0.15, 0.2) is 0 Å². The molecule has 0 radical (unpaired) electrons. The Balaban J connectivity index is 2.47. The molecule has 0 saturated heterocycles. The summed E-state index contributed by atoms with van der Waals surface area (Å²) in [6.45, 7) is 2.14. The van der Waals surface area contributed by atoms with Crippen LogP contribution in [0.25, 0.3) is 0 Å². The summed E-state index contributed by atoms with van der Waals surface area (Å²) in [4.78, 5) is 15.6. The van der Waals surface area contributed by atoms with Crippen LogP contribution in [0, 0.1) is 6.92 Å². The van der Waals surface area contributed by atoms with E-state index in [4.69, 9.17) is 10.9 Å². The third-order valence-corrected chi connectivity index (χ3v) is 1.95. The zero-order valence-electron chi connectivity index (χ0n) is 8.97. The van der Waals surface area contributed by atoms with Crippen LogP contribution < -0.4 is 11.1 Å². The first-order valence-electron chi connectivity index (χ1n) is 4.80. The van der Waals surface area contributed by atoms with Crippen molar-refractivity contribution in [3.63, 3.8) is 0 Å². The van der Waals surface area contributed by atoms with Crippen molar-refractivity contribution in [3.8, 4) is 0 Å². The van der Waals surface area contributed by atoms with Crippen LogP contribution in [0.1, 0.15) is 22.5 Å². The topological polar surface area (TPSA) is 101 Å². The van der Waals surface area contributed by atoms with Crippen molar-refractivity contribution < 1.29 is 10.0 Å². The Kier molecular flexibility index (Phi) is 4.26. The van der Waals surface area contributed by atoms with Crippen LogP contribution in [0.3, 0.4) is 0 Å². The first-order chi connectivity index (χ1) is 7.63. The lowest BCUT2D eigenvalue weighted by atomic mass is 10.2. The highest BCUT2D eigenvalue weighted by atomic mass is 16.4. The standard InChI is InChI=1S/C10H14N4O2/c1-7-6-8(2-4-12-7)10(15)13-5-3-9(11)14-16/h2,4,6,16H,3,5H2,1H3,(H2,11,14)(H,13,15). The molecule has 0 atom stereocenters. The fourth-order valence-corrected chi connectivity index (χ4v) is 1.14. The van der Waals surface area contributed by atoms with Gasteiger partial charge in [-0.1, -0.05) is 5.16 Å². The van der Waals surface area contributed by atoms with Crippen LogP contribution in [0.15, 0.2) is 23.5 Å². The van der Waals surface area contributed by atoms with Crippen LogP contribution >= 0.6 is 0 Å². The lowest BCUT2D eigenvalue weighted by molar-refractivity contribution is 0.0954. The Morgan fingerprint density at radius 3 is 3.06 bits per heavy atom. The smallest absolute Gasteiger partial charge is 0.251 e. The van der Waals surface area contributed by atoms with E-state index < -0.39 is 0 Å². The third-order valence-electron chi connectivity index (χ3n) is 1.95. The molecule has 1 heterocycles. The molecule has 0 aliphatic rings. The van der Waals surface area contributed by atoms with Crippen LogP contribution in [-0.2, 0) is 0 Å². The van der Waals surface area contributed by atoms with Crippen LogP contribution in [-0.4, -0.2) is 28.5 Å². The molecule has 1 aromatic heterocycles. The van der Waals surface area contributed by atoms with Gasteiger partial charge in [-0.05, 0) is 19.1 Å². The van der Waals surface area contributed by atoms with Gasteiger partial charge in [0, 0.05) is 30.4 Å². The predicted octanol–water partition coefficient (Wildman–Crippen LogP) is 0.256. The third kappa shape index (κ3) is 3.56. The Bertz CT molecular complexity index is 404. The molecule has 0 fully saturated rings. The minimum Gasteiger partial charge on any atom is -0.409 e. The van der Waals surface area contributed by atoms with Crippen molar-refractivity contribution in [2.45, 2.75) is 13.3 Å². The number of carbonyl (C=O) groups excluding carboxylic acids is 1. The molecule has 0 bridgehead atoms. The van der Waals surface area contributed by atoms with Crippen molar-refractivity contribution in [2.24, 2.45) is 10.9 Å². The first kappa shape index (κ1) is 12.0. The van der Waals surface area contributed by atoms with E-state index >= 15 is 0 Å². The Labute approximate surface area is 93.2 Å². The van der Waals surface area contributed by atoms with Crippen LogP contribution in [0.2, 0.25) is 0 Å². The largest absolute Gasteiger partial charge is 0.409 e. The molecule has 16 heavy (non-hydrogen) atoms. The van der Waals surface area contributed by atoms with Gasteiger partial charge >= 0.3 is 0 Å². The summed E-state index contributed by atoms with van der Waals surface area (Å²) in [5, 5.41) is 13.8. The SMILES string of the molecule is Cc1cc(C(=O)NCC/C(N)=N/O)ccn1. The number of aromatic nitrogens is 1. The van der Waals surface area contributed by atoms with E-state index in [-0.39, 0.29) is 11.7 Å². The number of aryl methyl sites for hydroxylation is 1. The van der Waals surface area contributed by atoms with Crippen molar-refractivity contribution in [3.05, 3.63) is 29.6 Å². The molecule has 1 amide bonds. The van der Waals surface area contributed by atoms with Gasteiger partial charge in [0.05, 0.1) is 0 Å². The van der Waals surface area contributed by atoms with Gasteiger partial charge in [0.25, 0.3) is 5.91 Å². The molecule has 1 rings (SSSR count). The number of hydrogen-bond donors (Lipinski definition) is 3. The summed E-state index contributed by atoms with van der Waals surface area (Å²) in [7, 11) is 0. The molecule has 4 N–H and O–H groups in total. The van der Waals surface area contributed by atoms with Crippen molar-refractivity contribution in [1.82, 2.24) is 10.3 Å². The van der Waals surface area contributed by atoms with Gasteiger partial charge in [-0.2, -0.15) is 0 Å². The van der Waals surface area contributed by atoms with E-state index in [9.17, 15) is 4.79 Å². The van der Waals surface area contributed by atoms with E-state index in [1.54, 1.807) is 18.3 Å². The summed E-state index contributed by atoms with van der Waals surface area (Å²) in [5.41, 5.74) is 6.59. The van der Waals surface area contributed by atoms with E-state index in [2.05, 4.69) is 15.5 Å². The fraction of sp³-hybridized carbons (Fsp3) is 0.300. The van der Waals surface area contributed by atoms with Gasteiger partial charge in [-0.3, -0.25) is 9.78 Å². The average Bonchev–Trinajstić information content (AvgIpc) is 2.28. The summed E-state index contributed by atoms with van der Waals surface area (Å²) >= 11 is 0. The highest BCUT2D eigenvalue weighted by molar-refractivity contribution is 5.94. The zero-order chi connectivity index (χ0) is 12.0. The molecule has 0 spiro atoms. The first-order valence-corrected chi connectivity index (χ1v) is 4.80. The van der Waals surface area contributed by atoms with Crippen molar-refractivity contribution >= 4 is 11.7 Å². The number of amidine groups is 1. The Morgan fingerprint density at radius 2 is 2.44 bits per heavy atom. The second-order valence-corrected chi connectivity index (χ2v) is 3.28. The summed E-state index contributed by atoms with van der Waals surface area (Å²) in [5.74, 6) is -0.109. The zero-order valence-corrected chi connectivity index (χ0v) is 8.97. The maximum Gasteiger partial charge on any atom is 0.251 e. The summed E-state index contributed by atoms with van der Waals surface area (Å²) in [6.07, 6.45) is 1.89. The number of carbonyl (C=O) groups is 1. The Morgan fingerprint density at radius 1 is 1.69 bits per heavy atom. The quantitative estimate of drug-likeness (QED) is 0.294. The van der Waals surface area contributed by atoms with E-state index in [1.165, 1.54) is 0 Å². The van der Waals surface area contributed by atoms with E-state index in [0.717, 1.165) is 5.69 Å². The van der Waals surface area contributed by atoms with Crippen LogP contribution in [0.5, 0.6) is 0 Å². The molecule has 86 valence electrons. The number of nitrogens with two attached hydrogens (primary N) is 1. The number of oxime groups is 1. The molecule has 0 aliphatic carbocycles. The van der Waals surface area contributed by atoms with Gasteiger partial charge < -0.3 is 16.3 Å². The number of amides is 1. The molecule has 6 heteroatoms. The maximum atomic E-state index is 11.6. The van der Waals surface area contributed by atoms with Crippen LogP contribution in [0.4, 0.5) is 0 Å². The molecule has 0 aliphatic heterocycles. The molecule has 1 aromatic rings. The summed E-state index contributed by atoms with van der Waals surface area (Å²) < 4.78 is 0. The van der Waals surface area contributed by atoms with E-state index in [1.807, 2.05) is 6.92 Å². The minimum absolute atomic E-state index is 0.0891. The van der Waals surface area contributed by atoms with Crippen molar-refractivity contribution in [2.75, 3.05) is 6.54 Å². The molecule has 0 aromatic carbocycles. The lowest BCUT2D eigenvalue weighted by Gasteiger charge is -2.04. The summed E-state index contributed by atoms with van der Waals surface area (Å²) in [6, 6.07) is 3.32. The molecule has 6 nitrogen and oxygen atoms in total. The number of rotatable bonds is 4. The normalized spacial score (nSPS) is 11.2. The Hall–Kier alpha value is -2.11. The second-order valence-electron chi connectivity index (χ2n) is 3.28. The number of nitrogens with one attached hydrogen (secondary N) is 1. The molecule has 0 saturated carbocycles. The second kappa shape index (κ2) is 5.69. The number of hydrogen-bond acceptors (Lipinski definition) is 4. The van der Waals surface area contributed by atoms with E-state index in [0.29, 0.717) is 18.5 Å². The highest BCUT2D eigenvalue weighted by Crippen LogP contribution is 2.00. The van der Waals surface area contributed by atoms with Gasteiger partial charge in [0.1, 0.15) is 5.84 Å². The number of pyridine rings is 1. The maximum absolute atomic E-state index is 11.6. The predicted molar refractivity (Wildman–Crippen MR) is 59.3 cm³/mol. The molecular weight excluding hydrogens is 208 g/mol. The van der Waals surface area contributed by atoms with Gasteiger partial charge in [-0.25, -0.2) is 0 Å². The minimum atomic E-state index is -0.198. The average molecular weight is 222 g/mol. The van der Waals surface area contributed by atoms with Gasteiger partial charge in [0.2, 0.25) is 0 Å². The fourth-order valence-electron chi connectivity index (χ4n) is 1.14. The molecular formula is C10H14N4O2. The highest BCUT2D eigenvalue weighted by Gasteiger charge is 2.05. The van der Waals surface area contributed by atoms with Crippen molar-refractivity contribution in [1.29, 1.82) is 0 Å². The lowest BCUT2D eigenvalue weighted by Crippen LogP contribution is -2.28. The number of nitrogens with zero attached hydrogens (tertiary/aromatic N) is 2. The van der Waals surface area contributed by atoms with Gasteiger partial charge in [-0.15, -0.1) is 0 Å².